The molecule has 4 rings (SSSR count). The maximum atomic E-state index is 13.7. The highest BCUT2D eigenvalue weighted by Crippen LogP contribution is 2.38. The number of aromatic nitrogens is 3. The van der Waals surface area contributed by atoms with Crippen molar-refractivity contribution in [3.05, 3.63) is 82.9 Å². The molecule has 0 bridgehead atoms. The van der Waals surface area contributed by atoms with E-state index >= 15 is 0 Å². The number of hydrogen-bond acceptors (Lipinski definition) is 9. The van der Waals surface area contributed by atoms with Gasteiger partial charge < -0.3 is 19.3 Å². The fourth-order valence-electron chi connectivity index (χ4n) is 3.89. The number of hydrogen-bond donors (Lipinski definition) is 1. The van der Waals surface area contributed by atoms with Gasteiger partial charge in [0.25, 0.3) is 5.56 Å². The molecule has 0 amide bonds. The second-order valence-corrected chi connectivity index (χ2v) is 10.5. The number of halogens is 1. The minimum atomic E-state index is -4.57. The first kappa shape index (κ1) is 27.7. The summed E-state index contributed by atoms with van der Waals surface area (Å²) in [6.45, 7) is 3.33. The first-order chi connectivity index (χ1) is 18.6. The Labute approximate surface area is 224 Å². The van der Waals surface area contributed by atoms with Crippen molar-refractivity contribution in [1.82, 2.24) is 14.5 Å². The van der Waals surface area contributed by atoms with Crippen LogP contribution >= 0.6 is 0 Å². The van der Waals surface area contributed by atoms with Gasteiger partial charge in [-0.2, -0.15) is 9.37 Å². The Balaban J connectivity index is 1.92. The Morgan fingerprint density at radius 3 is 2.13 bits per heavy atom. The minimum Gasteiger partial charge on any atom is -0.494 e. The van der Waals surface area contributed by atoms with Crippen molar-refractivity contribution in [3.63, 3.8) is 0 Å². The van der Waals surface area contributed by atoms with Gasteiger partial charge in [-0.05, 0) is 55.8 Å². The molecular weight excluding hydrogens is 529 g/mol. The first-order valence-electron chi connectivity index (χ1n) is 11.7. The second-order valence-electron chi connectivity index (χ2n) is 8.59. The smallest absolute Gasteiger partial charge is 0.296 e. The molecule has 2 aromatic heterocycles. The van der Waals surface area contributed by atoms with Crippen LogP contribution in [0.15, 0.2) is 75.4 Å². The van der Waals surface area contributed by atoms with E-state index < -0.39 is 32.1 Å². The molecule has 0 saturated heterocycles. The molecule has 2 aromatic carbocycles. The zero-order chi connectivity index (χ0) is 28.3. The quantitative estimate of drug-likeness (QED) is 0.306. The molecule has 0 unspecified atom stereocenters. The van der Waals surface area contributed by atoms with E-state index in [9.17, 15) is 22.7 Å². The van der Waals surface area contributed by atoms with Crippen LogP contribution < -0.4 is 15.0 Å². The lowest BCUT2D eigenvalue weighted by atomic mass is 10.1. The molecule has 1 N–H and O–H groups in total. The van der Waals surface area contributed by atoms with Gasteiger partial charge in [0.05, 0.1) is 25.2 Å². The van der Waals surface area contributed by atoms with E-state index in [0.717, 1.165) is 4.57 Å². The number of benzene rings is 2. The number of aromatic hydroxyl groups is 1. The lowest BCUT2D eigenvalue weighted by Crippen LogP contribution is -2.26. The average Bonchev–Trinajstić information content (AvgIpc) is 2.91. The molecule has 12 heteroatoms. The summed E-state index contributed by atoms with van der Waals surface area (Å²) in [6.07, 6.45) is 1.06. The van der Waals surface area contributed by atoms with E-state index in [0.29, 0.717) is 11.1 Å². The summed E-state index contributed by atoms with van der Waals surface area (Å²) >= 11 is 0. The predicted octanol–water partition coefficient (Wildman–Crippen LogP) is 3.91. The van der Waals surface area contributed by atoms with Crippen LogP contribution in [0.2, 0.25) is 0 Å². The molecule has 39 heavy (non-hydrogen) atoms. The largest absolute Gasteiger partial charge is 0.494 e. The third kappa shape index (κ3) is 5.47. The summed E-state index contributed by atoms with van der Waals surface area (Å²) in [4.78, 5) is 19.5. The van der Waals surface area contributed by atoms with E-state index in [1.165, 1.54) is 56.8 Å². The zero-order valence-corrected chi connectivity index (χ0v) is 22.4. The van der Waals surface area contributed by atoms with Gasteiger partial charge in [-0.25, -0.2) is 13.4 Å². The molecule has 0 aliphatic rings. The maximum Gasteiger partial charge on any atom is 0.296 e. The first-order valence-corrected chi connectivity index (χ1v) is 13.2. The molecule has 2 heterocycles. The highest BCUT2D eigenvalue weighted by Gasteiger charge is 2.32. The summed E-state index contributed by atoms with van der Waals surface area (Å²) in [6, 6.07) is 13.0. The number of nitrogens with zero attached hydrogens (tertiary/aromatic N) is 3. The SMILES string of the molecule is COc1cccc(OC)c1-n1c(COC(C)C)nc(=O)c(S(=O)(=O)c2ccc(-c3ccc(F)nc3)cc2)c1O. The molecule has 0 atom stereocenters. The van der Waals surface area contributed by atoms with Gasteiger partial charge in [-0.15, -0.1) is 0 Å². The third-order valence-corrected chi connectivity index (χ3v) is 7.55. The van der Waals surface area contributed by atoms with Crippen LogP contribution in [0.3, 0.4) is 0 Å². The van der Waals surface area contributed by atoms with E-state index in [-0.39, 0.29) is 40.6 Å². The van der Waals surface area contributed by atoms with Crippen LogP contribution in [0.25, 0.3) is 16.8 Å². The van der Waals surface area contributed by atoms with Crippen LogP contribution in [-0.4, -0.2) is 48.4 Å². The van der Waals surface area contributed by atoms with E-state index in [4.69, 9.17) is 14.2 Å². The van der Waals surface area contributed by atoms with Crippen molar-refractivity contribution in [3.8, 4) is 34.2 Å². The van der Waals surface area contributed by atoms with Crippen molar-refractivity contribution >= 4 is 9.84 Å². The monoisotopic (exact) mass is 555 g/mol. The molecule has 0 spiro atoms. The van der Waals surface area contributed by atoms with Gasteiger partial charge in [-0.3, -0.25) is 9.36 Å². The van der Waals surface area contributed by atoms with Crippen LogP contribution in [0, 0.1) is 5.95 Å². The molecule has 0 aliphatic carbocycles. The maximum absolute atomic E-state index is 13.7. The molecule has 0 aliphatic heterocycles. The van der Waals surface area contributed by atoms with Gasteiger partial charge >= 0.3 is 0 Å². The highest BCUT2D eigenvalue weighted by molar-refractivity contribution is 7.91. The van der Waals surface area contributed by atoms with Gasteiger partial charge in [0.1, 0.15) is 29.6 Å². The number of ether oxygens (including phenoxy) is 3. The van der Waals surface area contributed by atoms with Gasteiger partial charge in [0.15, 0.2) is 4.90 Å². The molecule has 10 nitrogen and oxygen atoms in total. The molecule has 0 saturated carbocycles. The number of para-hydroxylation sites is 1. The van der Waals surface area contributed by atoms with Crippen LogP contribution in [-0.2, 0) is 21.2 Å². The minimum absolute atomic E-state index is 0.0629. The topological polar surface area (TPSA) is 130 Å². The van der Waals surface area contributed by atoms with Crippen LogP contribution in [0.5, 0.6) is 17.4 Å². The van der Waals surface area contributed by atoms with Crippen molar-refractivity contribution in [2.24, 2.45) is 0 Å². The van der Waals surface area contributed by atoms with E-state index in [1.807, 2.05) is 0 Å². The lowest BCUT2D eigenvalue weighted by molar-refractivity contribution is 0.0592. The number of methoxy groups -OCH3 is 2. The lowest BCUT2D eigenvalue weighted by Gasteiger charge is -2.21. The second kappa shape index (κ2) is 11.2. The number of pyridine rings is 1. The standard InChI is InChI=1S/C27H26FN3O7S/c1-16(2)38-15-23-30-26(32)25(27(33)31(23)24-20(36-3)6-5-7-21(24)37-4)39(34,35)19-11-8-17(9-12-19)18-10-13-22(28)29-14-18/h5-14,16,33H,15H2,1-4H3. The van der Waals surface area contributed by atoms with Gasteiger partial charge in [0.2, 0.25) is 21.7 Å². The molecule has 0 radical (unpaired) electrons. The fourth-order valence-corrected chi connectivity index (χ4v) is 5.23. The van der Waals surface area contributed by atoms with Crippen LogP contribution in [0.4, 0.5) is 4.39 Å². The highest BCUT2D eigenvalue weighted by atomic mass is 32.2. The summed E-state index contributed by atoms with van der Waals surface area (Å²) in [5, 5.41) is 11.4. The Morgan fingerprint density at radius 1 is 0.974 bits per heavy atom. The van der Waals surface area contributed by atoms with Crippen molar-refractivity contribution in [2.75, 3.05) is 14.2 Å². The van der Waals surface area contributed by atoms with Crippen molar-refractivity contribution in [1.29, 1.82) is 0 Å². The van der Waals surface area contributed by atoms with Crippen molar-refractivity contribution in [2.45, 2.75) is 36.3 Å². The Hall–Kier alpha value is -4.29. The Morgan fingerprint density at radius 2 is 1.59 bits per heavy atom. The van der Waals surface area contributed by atoms with E-state index in [2.05, 4.69) is 9.97 Å². The number of sulfone groups is 1. The van der Waals surface area contributed by atoms with E-state index in [1.54, 1.807) is 32.0 Å². The fraction of sp³-hybridized carbons (Fsp3) is 0.222. The average molecular weight is 556 g/mol. The molecule has 4 aromatic rings. The summed E-state index contributed by atoms with van der Waals surface area (Å²) in [7, 11) is -1.78. The predicted molar refractivity (Wildman–Crippen MR) is 140 cm³/mol. The van der Waals surface area contributed by atoms with Gasteiger partial charge in [0, 0.05) is 11.8 Å². The molecular formula is C27H26FN3O7S. The summed E-state index contributed by atoms with van der Waals surface area (Å²) in [5.74, 6) is -1.15. The van der Waals surface area contributed by atoms with Crippen LogP contribution in [0.1, 0.15) is 19.7 Å². The van der Waals surface area contributed by atoms with Crippen molar-refractivity contribution < 1.29 is 32.1 Å². The van der Waals surface area contributed by atoms with Gasteiger partial charge in [-0.1, -0.05) is 18.2 Å². The molecule has 0 fully saturated rings. The zero-order valence-electron chi connectivity index (χ0n) is 21.6. The Kier molecular flexibility index (Phi) is 7.98. The Bertz CT molecular complexity index is 1630. The third-order valence-electron chi connectivity index (χ3n) is 5.76. The summed E-state index contributed by atoms with van der Waals surface area (Å²) in [5.41, 5.74) is 0.100. The molecule has 204 valence electrons. The number of rotatable bonds is 9. The summed E-state index contributed by atoms with van der Waals surface area (Å²) < 4.78 is 58.1. The normalized spacial score (nSPS) is 11.5.